The highest BCUT2D eigenvalue weighted by Gasteiger charge is 2.58. The third kappa shape index (κ3) is 3.22. The SMILES string of the molecule is CCN1C(=O)C2CC(C)(C(=O)Nc3nc(-c4ccc(F)c5ccccc45)cs3)C1c1ccccc12. The van der Waals surface area contributed by atoms with Crippen molar-refractivity contribution in [2.24, 2.45) is 5.41 Å². The van der Waals surface area contributed by atoms with Crippen LogP contribution in [0, 0.1) is 11.2 Å². The number of hydrogen-bond acceptors (Lipinski definition) is 4. The smallest absolute Gasteiger partial charge is 0.234 e. The van der Waals surface area contributed by atoms with E-state index in [0.29, 0.717) is 29.2 Å². The minimum atomic E-state index is -0.780. The summed E-state index contributed by atoms with van der Waals surface area (Å²) >= 11 is 1.34. The van der Waals surface area contributed by atoms with E-state index >= 15 is 0 Å². The molecule has 1 aromatic heterocycles. The van der Waals surface area contributed by atoms with Crippen molar-refractivity contribution in [3.8, 4) is 11.3 Å². The number of hydrogen-bond donors (Lipinski definition) is 1. The first-order valence-corrected chi connectivity index (χ1v) is 12.6. The fraction of sp³-hybridized carbons (Fsp3) is 0.250. The molecule has 1 fully saturated rings. The zero-order valence-corrected chi connectivity index (χ0v) is 20.2. The molecular formula is C28H24FN3O2S. The van der Waals surface area contributed by atoms with E-state index in [0.717, 1.165) is 22.1 Å². The van der Waals surface area contributed by atoms with Gasteiger partial charge in [-0.1, -0.05) is 48.5 Å². The molecule has 2 amide bonds. The second-order valence-electron chi connectivity index (χ2n) is 9.46. The van der Waals surface area contributed by atoms with Gasteiger partial charge < -0.3 is 10.2 Å². The Hall–Kier alpha value is -3.58. The summed E-state index contributed by atoms with van der Waals surface area (Å²) in [6, 6.07) is 18.1. The van der Waals surface area contributed by atoms with E-state index in [1.165, 1.54) is 17.4 Å². The first kappa shape index (κ1) is 21.9. The lowest BCUT2D eigenvalue weighted by Gasteiger charge is -2.54. The number of aromatic nitrogens is 1. The first-order valence-electron chi connectivity index (χ1n) is 11.8. The van der Waals surface area contributed by atoms with E-state index in [-0.39, 0.29) is 29.6 Å². The Bertz CT molecular complexity index is 1500. The summed E-state index contributed by atoms with van der Waals surface area (Å²) in [5.41, 5.74) is 2.82. The molecule has 3 unspecified atom stereocenters. The van der Waals surface area contributed by atoms with Crippen LogP contribution < -0.4 is 5.32 Å². The van der Waals surface area contributed by atoms with Gasteiger partial charge in [-0.25, -0.2) is 9.37 Å². The molecule has 7 rings (SSSR count). The number of halogens is 1. The number of thiazole rings is 1. The molecule has 3 atom stereocenters. The number of carbonyl (C=O) groups is 2. The van der Waals surface area contributed by atoms with Gasteiger partial charge in [-0.3, -0.25) is 9.59 Å². The summed E-state index contributed by atoms with van der Waals surface area (Å²) in [6.45, 7) is 4.46. The van der Waals surface area contributed by atoms with Crippen molar-refractivity contribution in [3.05, 3.63) is 83.0 Å². The highest BCUT2D eigenvalue weighted by Crippen LogP contribution is 2.57. The molecule has 3 heterocycles. The molecule has 2 bridgehead atoms. The van der Waals surface area contributed by atoms with Crippen molar-refractivity contribution in [2.45, 2.75) is 32.2 Å². The van der Waals surface area contributed by atoms with Crippen molar-refractivity contribution in [1.82, 2.24) is 9.88 Å². The fourth-order valence-corrected chi connectivity index (χ4v) is 6.57. The van der Waals surface area contributed by atoms with E-state index in [4.69, 9.17) is 0 Å². The first-order chi connectivity index (χ1) is 16.9. The molecule has 3 aromatic carbocycles. The quantitative estimate of drug-likeness (QED) is 0.378. The third-order valence-electron chi connectivity index (χ3n) is 7.52. The second-order valence-corrected chi connectivity index (χ2v) is 10.3. The number of nitrogens with one attached hydrogen (secondary N) is 1. The van der Waals surface area contributed by atoms with Gasteiger partial charge in [0.25, 0.3) is 0 Å². The molecule has 4 aromatic rings. The predicted molar refractivity (Wildman–Crippen MR) is 136 cm³/mol. The lowest BCUT2D eigenvalue weighted by atomic mass is 9.60. The van der Waals surface area contributed by atoms with Gasteiger partial charge in [0, 0.05) is 22.9 Å². The Balaban J connectivity index is 1.33. The second kappa shape index (κ2) is 7.99. The molecule has 1 aliphatic carbocycles. The summed E-state index contributed by atoms with van der Waals surface area (Å²) in [5, 5.41) is 6.72. The van der Waals surface area contributed by atoms with Gasteiger partial charge in [0.15, 0.2) is 5.13 Å². The van der Waals surface area contributed by atoms with Crippen molar-refractivity contribution in [1.29, 1.82) is 0 Å². The van der Waals surface area contributed by atoms with Gasteiger partial charge in [0.05, 0.1) is 23.1 Å². The molecular weight excluding hydrogens is 461 g/mol. The molecule has 176 valence electrons. The predicted octanol–water partition coefficient (Wildman–Crippen LogP) is 6.14. The summed E-state index contributed by atoms with van der Waals surface area (Å²) < 4.78 is 14.3. The van der Waals surface area contributed by atoms with Gasteiger partial charge in [0.1, 0.15) is 5.82 Å². The number of carbonyl (C=O) groups excluding carboxylic acids is 2. The number of amides is 2. The van der Waals surface area contributed by atoms with E-state index in [1.54, 1.807) is 12.1 Å². The number of likely N-dealkylation sites (N-methyl/N-ethyl adjacent to an activating group) is 1. The molecule has 1 N–H and O–H groups in total. The fourth-order valence-electron chi connectivity index (χ4n) is 5.86. The van der Waals surface area contributed by atoms with Crippen molar-refractivity contribution >= 4 is 39.1 Å². The van der Waals surface area contributed by atoms with Gasteiger partial charge >= 0.3 is 0 Å². The number of nitrogens with zero attached hydrogens (tertiary/aromatic N) is 2. The molecule has 2 aliphatic heterocycles. The molecule has 35 heavy (non-hydrogen) atoms. The number of rotatable bonds is 4. The van der Waals surface area contributed by atoms with Crippen LogP contribution in [0.2, 0.25) is 0 Å². The van der Waals surface area contributed by atoms with E-state index < -0.39 is 5.41 Å². The monoisotopic (exact) mass is 485 g/mol. The maximum absolute atomic E-state index is 14.3. The van der Waals surface area contributed by atoms with E-state index in [9.17, 15) is 14.0 Å². The average molecular weight is 486 g/mol. The molecule has 0 radical (unpaired) electrons. The van der Waals surface area contributed by atoms with Crippen LogP contribution in [-0.4, -0.2) is 28.2 Å². The standard InChI is InChI=1S/C28H24FN3O2S/c1-3-32-24-20-11-7-5-9-17(20)21(25(32)33)14-28(24,2)26(34)31-27-30-23(15-35-27)19-12-13-22(29)18-10-6-4-8-16(18)19/h4-13,15,21,24H,3,14H2,1-2H3,(H,30,31,34). The van der Waals surface area contributed by atoms with Crippen LogP contribution in [0.1, 0.15) is 43.4 Å². The Morgan fingerprint density at radius 3 is 2.60 bits per heavy atom. The molecule has 0 spiro atoms. The number of piperidine rings is 1. The van der Waals surface area contributed by atoms with Crippen LogP contribution in [0.4, 0.5) is 9.52 Å². The normalized spacial score (nSPS) is 22.9. The van der Waals surface area contributed by atoms with Gasteiger partial charge in [0.2, 0.25) is 11.8 Å². The molecule has 7 heteroatoms. The molecule has 3 aliphatic rings. The van der Waals surface area contributed by atoms with E-state index in [1.807, 2.05) is 66.6 Å². The van der Waals surface area contributed by atoms with Crippen LogP contribution >= 0.6 is 11.3 Å². The van der Waals surface area contributed by atoms with Gasteiger partial charge in [-0.05, 0) is 48.9 Å². The maximum atomic E-state index is 14.3. The zero-order chi connectivity index (χ0) is 24.3. The van der Waals surface area contributed by atoms with Gasteiger partial charge in [-0.15, -0.1) is 11.3 Å². The number of anilines is 1. The molecule has 5 nitrogen and oxygen atoms in total. The highest BCUT2D eigenvalue weighted by atomic mass is 32.1. The van der Waals surface area contributed by atoms with Crippen LogP contribution in [0.3, 0.4) is 0 Å². The number of benzene rings is 3. The maximum Gasteiger partial charge on any atom is 0.234 e. The van der Waals surface area contributed by atoms with Crippen molar-refractivity contribution < 1.29 is 14.0 Å². The van der Waals surface area contributed by atoms with Crippen LogP contribution in [0.25, 0.3) is 22.0 Å². The largest absolute Gasteiger partial charge is 0.334 e. The number of fused-ring (bicyclic) bond motifs is 3. The van der Waals surface area contributed by atoms with Crippen molar-refractivity contribution in [2.75, 3.05) is 11.9 Å². The summed E-state index contributed by atoms with van der Waals surface area (Å²) in [5.74, 6) is -0.632. The van der Waals surface area contributed by atoms with Crippen molar-refractivity contribution in [3.63, 3.8) is 0 Å². The topological polar surface area (TPSA) is 62.3 Å². The Morgan fingerprint density at radius 2 is 1.83 bits per heavy atom. The minimum Gasteiger partial charge on any atom is -0.334 e. The average Bonchev–Trinajstić information content (AvgIpc) is 3.33. The minimum absolute atomic E-state index is 0.0983. The van der Waals surface area contributed by atoms with Gasteiger partial charge in [-0.2, -0.15) is 0 Å². The molecule has 1 saturated heterocycles. The van der Waals surface area contributed by atoms with Crippen LogP contribution in [-0.2, 0) is 9.59 Å². The third-order valence-corrected chi connectivity index (χ3v) is 8.28. The van der Waals surface area contributed by atoms with Crippen LogP contribution in [0.15, 0.2) is 66.0 Å². The summed E-state index contributed by atoms with van der Waals surface area (Å²) in [7, 11) is 0. The summed E-state index contributed by atoms with van der Waals surface area (Å²) in [4.78, 5) is 33.3. The lowest BCUT2D eigenvalue weighted by Crippen LogP contribution is -2.58. The zero-order valence-electron chi connectivity index (χ0n) is 19.4. The Kier molecular flexibility index (Phi) is 5.00. The van der Waals surface area contributed by atoms with Crippen LogP contribution in [0.5, 0.6) is 0 Å². The lowest BCUT2D eigenvalue weighted by molar-refractivity contribution is -0.153. The highest BCUT2D eigenvalue weighted by molar-refractivity contribution is 7.14. The Morgan fingerprint density at radius 1 is 1.11 bits per heavy atom. The Labute approximate surface area is 206 Å². The summed E-state index contributed by atoms with van der Waals surface area (Å²) in [6.07, 6.45) is 0.469. The van der Waals surface area contributed by atoms with E-state index in [2.05, 4.69) is 10.3 Å². The molecule has 0 saturated carbocycles.